The number of aryl methyl sites for hydroxylation is 1. The average Bonchev–Trinajstić information content (AvgIpc) is 2.71. The van der Waals surface area contributed by atoms with E-state index in [0.717, 1.165) is 25.8 Å². The molecule has 1 atom stereocenters. The van der Waals surface area contributed by atoms with Crippen LogP contribution in [0.3, 0.4) is 0 Å². The van der Waals surface area contributed by atoms with Crippen LogP contribution in [0.25, 0.3) is 0 Å². The maximum atomic E-state index is 6.12. The van der Waals surface area contributed by atoms with E-state index in [2.05, 4.69) is 31.6 Å². The lowest BCUT2D eigenvalue weighted by Crippen LogP contribution is -2.17. The van der Waals surface area contributed by atoms with Gasteiger partial charge in [-0.05, 0) is 47.6 Å². The lowest BCUT2D eigenvalue weighted by atomic mass is 10.1. The molecule has 1 heterocycles. The molecule has 90 valence electrons. The standard InChI is InChI=1S/C12H12BrClN2S/c1-7-6-17-12(16-7)11(15-2)8-3-4-9(13)10(14)5-8/h3-6,11,15H,1-2H3. The van der Waals surface area contributed by atoms with Crippen LogP contribution in [0.4, 0.5) is 0 Å². The monoisotopic (exact) mass is 330 g/mol. The molecule has 2 nitrogen and oxygen atoms in total. The number of hydrogen-bond acceptors (Lipinski definition) is 3. The normalized spacial score (nSPS) is 12.7. The van der Waals surface area contributed by atoms with Gasteiger partial charge in [0, 0.05) is 15.5 Å². The highest BCUT2D eigenvalue weighted by Crippen LogP contribution is 2.30. The lowest BCUT2D eigenvalue weighted by molar-refractivity contribution is 0.685. The van der Waals surface area contributed by atoms with Crippen molar-refractivity contribution in [3.63, 3.8) is 0 Å². The van der Waals surface area contributed by atoms with Crippen molar-refractivity contribution in [2.24, 2.45) is 0 Å². The van der Waals surface area contributed by atoms with E-state index in [1.807, 2.05) is 32.2 Å². The number of nitrogens with zero attached hydrogens (tertiary/aromatic N) is 1. The molecule has 0 radical (unpaired) electrons. The molecule has 0 aliphatic carbocycles. The molecule has 1 aromatic carbocycles. The highest BCUT2D eigenvalue weighted by molar-refractivity contribution is 9.10. The van der Waals surface area contributed by atoms with E-state index in [1.165, 1.54) is 0 Å². The number of halogens is 2. The van der Waals surface area contributed by atoms with Gasteiger partial charge in [-0.25, -0.2) is 4.98 Å². The highest BCUT2D eigenvalue weighted by Gasteiger charge is 2.16. The summed E-state index contributed by atoms with van der Waals surface area (Å²) < 4.78 is 0.910. The minimum absolute atomic E-state index is 0.0966. The molecule has 1 unspecified atom stereocenters. The summed E-state index contributed by atoms with van der Waals surface area (Å²) in [5, 5.41) is 7.10. The average molecular weight is 332 g/mol. The van der Waals surface area contributed by atoms with Gasteiger partial charge in [0.25, 0.3) is 0 Å². The van der Waals surface area contributed by atoms with E-state index in [4.69, 9.17) is 11.6 Å². The van der Waals surface area contributed by atoms with Crippen LogP contribution in [0.5, 0.6) is 0 Å². The van der Waals surface area contributed by atoms with Gasteiger partial charge < -0.3 is 5.32 Å². The van der Waals surface area contributed by atoms with E-state index in [9.17, 15) is 0 Å². The van der Waals surface area contributed by atoms with E-state index in [-0.39, 0.29) is 6.04 Å². The van der Waals surface area contributed by atoms with E-state index in [0.29, 0.717) is 0 Å². The smallest absolute Gasteiger partial charge is 0.114 e. The number of thiazole rings is 1. The van der Waals surface area contributed by atoms with Crippen LogP contribution in [0, 0.1) is 6.92 Å². The van der Waals surface area contributed by atoms with Crippen molar-refractivity contribution < 1.29 is 0 Å². The number of hydrogen-bond donors (Lipinski definition) is 1. The van der Waals surface area contributed by atoms with Gasteiger partial charge in [-0.15, -0.1) is 11.3 Å². The van der Waals surface area contributed by atoms with Crippen LogP contribution in [0.1, 0.15) is 22.3 Å². The molecule has 0 fully saturated rings. The third kappa shape index (κ3) is 2.88. The number of rotatable bonds is 3. The summed E-state index contributed by atoms with van der Waals surface area (Å²) in [4.78, 5) is 4.51. The summed E-state index contributed by atoms with van der Waals surface area (Å²) in [5.74, 6) is 0. The Morgan fingerprint density at radius 1 is 1.47 bits per heavy atom. The van der Waals surface area contributed by atoms with Crippen LogP contribution in [-0.4, -0.2) is 12.0 Å². The van der Waals surface area contributed by atoms with Crippen molar-refractivity contribution in [1.29, 1.82) is 0 Å². The van der Waals surface area contributed by atoms with Crippen molar-refractivity contribution in [3.8, 4) is 0 Å². The number of aromatic nitrogens is 1. The second kappa shape index (κ2) is 5.48. The second-order valence-electron chi connectivity index (χ2n) is 3.72. The molecule has 0 aliphatic rings. The number of nitrogens with one attached hydrogen (secondary N) is 1. The maximum absolute atomic E-state index is 6.12. The zero-order valence-corrected chi connectivity index (χ0v) is 12.7. The summed E-state index contributed by atoms with van der Waals surface area (Å²) in [6, 6.07) is 6.07. The first kappa shape index (κ1) is 13.0. The van der Waals surface area contributed by atoms with Crippen molar-refractivity contribution >= 4 is 38.9 Å². The van der Waals surface area contributed by atoms with Crippen LogP contribution in [0.2, 0.25) is 5.02 Å². The first-order chi connectivity index (χ1) is 8.11. The summed E-state index contributed by atoms with van der Waals surface area (Å²) in [5.41, 5.74) is 2.17. The van der Waals surface area contributed by atoms with E-state index < -0.39 is 0 Å². The molecule has 1 N–H and O–H groups in total. The Labute approximate surface area is 118 Å². The zero-order chi connectivity index (χ0) is 12.4. The van der Waals surface area contributed by atoms with Crippen molar-refractivity contribution in [1.82, 2.24) is 10.3 Å². The molecule has 1 aromatic heterocycles. The van der Waals surface area contributed by atoms with Gasteiger partial charge in [-0.2, -0.15) is 0 Å². The number of benzene rings is 1. The molecule has 2 aromatic rings. The van der Waals surface area contributed by atoms with Gasteiger partial charge in [0.05, 0.1) is 11.1 Å². The summed E-state index contributed by atoms with van der Waals surface area (Å²) in [6.07, 6.45) is 0. The fourth-order valence-corrected chi connectivity index (χ4v) is 3.00. The van der Waals surface area contributed by atoms with Crippen LogP contribution in [-0.2, 0) is 0 Å². The molecule has 0 saturated carbocycles. The Hall–Kier alpha value is -0.420. The van der Waals surface area contributed by atoms with Gasteiger partial charge in [0.2, 0.25) is 0 Å². The SMILES string of the molecule is CNC(c1ccc(Br)c(Cl)c1)c1nc(C)cs1. The Morgan fingerprint density at radius 3 is 2.76 bits per heavy atom. The Balaban J connectivity index is 2.38. The largest absolute Gasteiger partial charge is 0.307 e. The summed E-state index contributed by atoms with van der Waals surface area (Å²) in [6.45, 7) is 2.00. The predicted molar refractivity (Wildman–Crippen MR) is 76.9 cm³/mol. The van der Waals surface area contributed by atoms with Crippen molar-refractivity contribution in [3.05, 3.63) is 49.3 Å². The predicted octanol–water partition coefficient (Wildman–Crippen LogP) is 4.18. The molecule has 2 rings (SSSR count). The van der Waals surface area contributed by atoms with Crippen LogP contribution >= 0.6 is 38.9 Å². The molecular formula is C12H12BrClN2S. The third-order valence-electron chi connectivity index (χ3n) is 2.45. The molecule has 0 bridgehead atoms. The van der Waals surface area contributed by atoms with Crippen molar-refractivity contribution in [2.45, 2.75) is 13.0 Å². The first-order valence-corrected chi connectivity index (χ1v) is 7.21. The molecule has 0 spiro atoms. The van der Waals surface area contributed by atoms with Crippen molar-refractivity contribution in [2.75, 3.05) is 7.05 Å². The second-order valence-corrected chi connectivity index (χ2v) is 5.87. The Kier molecular flexibility index (Phi) is 4.20. The topological polar surface area (TPSA) is 24.9 Å². The van der Waals surface area contributed by atoms with E-state index >= 15 is 0 Å². The quantitative estimate of drug-likeness (QED) is 0.913. The van der Waals surface area contributed by atoms with Gasteiger partial charge >= 0.3 is 0 Å². The molecular weight excluding hydrogens is 320 g/mol. The summed E-state index contributed by atoms with van der Waals surface area (Å²) >= 11 is 11.2. The third-order valence-corrected chi connectivity index (χ3v) is 4.71. The minimum Gasteiger partial charge on any atom is -0.307 e. The summed E-state index contributed by atoms with van der Waals surface area (Å²) in [7, 11) is 1.93. The molecule has 0 saturated heterocycles. The van der Waals surface area contributed by atoms with E-state index in [1.54, 1.807) is 11.3 Å². The van der Waals surface area contributed by atoms with Gasteiger partial charge in [0.1, 0.15) is 5.01 Å². The highest BCUT2D eigenvalue weighted by atomic mass is 79.9. The van der Waals surface area contributed by atoms with Gasteiger partial charge in [-0.1, -0.05) is 17.7 Å². The maximum Gasteiger partial charge on any atom is 0.114 e. The van der Waals surface area contributed by atoms with Gasteiger partial charge in [-0.3, -0.25) is 0 Å². The Bertz CT molecular complexity index is 527. The first-order valence-electron chi connectivity index (χ1n) is 5.16. The van der Waals surface area contributed by atoms with Crippen LogP contribution in [0.15, 0.2) is 28.1 Å². The molecule has 0 amide bonds. The molecule has 5 heteroatoms. The van der Waals surface area contributed by atoms with Crippen LogP contribution < -0.4 is 5.32 Å². The fraction of sp³-hybridized carbons (Fsp3) is 0.250. The minimum atomic E-state index is 0.0966. The molecule has 17 heavy (non-hydrogen) atoms. The lowest BCUT2D eigenvalue weighted by Gasteiger charge is -2.14. The zero-order valence-electron chi connectivity index (χ0n) is 9.50. The fourth-order valence-electron chi connectivity index (χ4n) is 1.63. The molecule has 0 aliphatic heterocycles. The Morgan fingerprint density at radius 2 is 2.24 bits per heavy atom. The van der Waals surface area contributed by atoms with Gasteiger partial charge in [0.15, 0.2) is 0 Å².